The van der Waals surface area contributed by atoms with Gasteiger partial charge in [0.25, 0.3) is 0 Å². The standard InChI is InChI=1S/C12H16N2O2/c1-9(14)7-10-8-11(15-2)3-4-12(10)16-6-5-13/h3-4,8-9H,6-7,14H2,1-2H3. The maximum atomic E-state index is 8.48. The Balaban J connectivity index is 2.92. The first-order valence-electron chi connectivity index (χ1n) is 5.09. The van der Waals surface area contributed by atoms with Gasteiger partial charge in [-0.25, -0.2) is 0 Å². The first kappa shape index (κ1) is 12.3. The third kappa shape index (κ3) is 3.44. The summed E-state index contributed by atoms with van der Waals surface area (Å²) in [6.45, 7) is 1.96. The number of hydrogen-bond acceptors (Lipinski definition) is 4. The van der Waals surface area contributed by atoms with Crippen molar-refractivity contribution in [1.29, 1.82) is 5.26 Å². The lowest BCUT2D eigenvalue weighted by molar-refractivity contribution is 0.360. The Hall–Kier alpha value is -1.73. The lowest BCUT2D eigenvalue weighted by Gasteiger charge is -2.12. The van der Waals surface area contributed by atoms with Crippen LogP contribution in [-0.2, 0) is 6.42 Å². The maximum Gasteiger partial charge on any atom is 0.174 e. The van der Waals surface area contributed by atoms with Gasteiger partial charge in [-0.2, -0.15) is 5.26 Å². The minimum Gasteiger partial charge on any atom is -0.497 e. The molecular weight excluding hydrogens is 204 g/mol. The minimum atomic E-state index is 0.0385. The number of hydrogen-bond donors (Lipinski definition) is 1. The predicted molar refractivity (Wildman–Crippen MR) is 61.5 cm³/mol. The average Bonchev–Trinajstić information content (AvgIpc) is 2.26. The summed E-state index contributed by atoms with van der Waals surface area (Å²) in [5.74, 6) is 1.46. The van der Waals surface area contributed by atoms with Crippen molar-refractivity contribution in [3.8, 4) is 17.6 Å². The highest BCUT2D eigenvalue weighted by atomic mass is 16.5. The van der Waals surface area contributed by atoms with E-state index in [0.717, 1.165) is 11.3 Å². The van der Waals surface area contributed by atoms with E-state index in [1.165, 1.54) is 0 Å². The van der Waals surface area contributed by atoms with Crippen molar-refractivity contribution >= 4 is 0 Å². The molecule has 0 amide bonds. The molecule has 0 heterocycles. The molecule has 1 rings (SSSR count). The molecule has 0 aliphatic rings. The summed E-state index contributed by atoms with van der Waals surface area (Å²) in [5, 5.41) is 8.48. The van der Waals surface area contributed by atoms with Crippen LogP contribution in [0.2, 0.25) is 0 Å². The molecule has 16 heavy (non-hydrogen) atoms. The van der Waals surface area contributed by atoms with Crippen molar-refractivity contribution in [2.24, 2.45) is 5.73 Å². The monoisotopic (exact) mass is 220 g/mol. The van der Waals surface area contributed by atoms with Crippen LogP contribution in [0.5, 0.6) is 11.5 Å². The third-order valence-electron chi connectivity index (χ3n) is 2.10. The zero-order chi connectivity index (χ0) is 12.0. The van der Waals surface area contributed by atoms with Crippen molar-refractivity contribution < 1.29 is 9.47 Å². The van der Waals surface area contributed by atoms with Crippen LogP contribution in [0.4, 0.5) is 0 Å². The van der Waals surface area contributed by atoms with E-state index in [9.17, 15) is 0 Å². The molecule has 0 radical (unpaired) electrons. The molecule has 4 nitrogen and oxygen atoms in total. The lowest BCUT2D eigenvalue weighted by atomic mass is 10.1. The normalized spacial score (nSPS) is 11.6. The molecule has 0 spiro atoms. The molecular formula is C12H16N2O2. The first-order valence-corrected chi connectivity index (χ1v) is 5.09. The van der Waals surface area contributed by atoms with E-state index >= 15 is 0 Å². The number of benzene rings is 1. The second-order valence-corrected chi connectivity index (χ2v) is 3.60. The quantitative estimate of drug-likeness (QED) is 0.816. The summed E-state index contributed by atoms with van der Waals surface area (Å²) < 4.78 is 10.4. The summed E-state index contributed by atoms with van der Waals surface area (Å²) in [5.41, 5.74) is 6.71. The summed E-state index contributed by atoms with van der Waals surface area (Å²) in [4.78, 5) is 0. The second kappa shape index (κ2) is 5.99. The van der Waals surface area contributed by atoms with E-state index in [1.54, 1.807) is 19.2 Å². The van der Waals surface area contributed by atoms with E-state index in [1.807, 2.05) is 19.1 Å². The number of ether oxygens (including phenoxy) is 2. The lowest BCUT2D eigenvalue weighted by Crippen LogP contribution is -2.18. The fraction of sp³-hybridized carbons (Fsp3) is 0.417. The van der Waals surface area contributed by atoms with Gasteiger partial charge < -0.3 is 15.2 Å². The Morgan fingerprint density at radius 1 is 1.50 bits per heavy atom. The van der Waals surface area contributed by atoms with Gasteiger partial charge in [0.05, 0.1) is 7.11 Å². The SMILES string of the molecule is COc1ccc(OCC#N)c(CC(C)N)c1. The van der Waals surface area contributed by atoms with Crippen LogP contribution in [0.3, 0.4) is 0 Å². The Bertz CT molecular complexity index is 383. The molecule has 1 aromatic rings. The Morgan fingerprint density at radius 2 is 2.25 bits per heavy atom. The summed E-state index contributed by atoms with van der Waals surface area (Å²) in [6, 6.07) is 7.47. The smallest absolute Gasteiger partial charge is 0.174 e. The summed E-state index contributed by atoms with van der Waals surface area (Å²) in [7, 11) is 1.61. The van der Waals surface area contributed by atoms with Crippen molar-refractivity contribution in [2.75, 3.05) is 13.7 Å². The average molecular weight is 220 g/mol. The number of nitriles is 1. The Labute approximate surface area is 95.6 Å². The van der Waals surface area contributed by atoms with E-state index in [-0.39, 0.29) is 12.6 Å². The van der Waals surface area contributed by atoms with Crippen LogP contribution in [0.1, 0.15) is 12.5 Å². The third-order valence-corrected chi connectivity index (χ3v) is 2.10. The summed E-state index contributed by atoms with van der Waals surface area (Å²) >= 11 is 0. The van der Waals surface area contributed by atoms with Gasteiger partial charge in [-0.05, 0) is 37.1 Å². The fourth-order valence-electron chi connectivity index (χ4n) is 1.44. The van der Waals surface area contributed by atoms with Crippen LogP contribution < -0.4 is 15.2 Å². The molecule has 0 saturated carbocycles. The topological polar surface area (TPSA) is 68.3 Å². The number of methoxy groups -OCH3 is 1. The molecule has 1 aromatic carbocycles. The van der Waals surface area contributed by atoms with Crippen LogP contribution in [0, 0.1) is 11.3 Å². The van der Waals surface area contributed by atoms with Crippen molar-refractivity contribution in [3.63, 3.8) is 0 Å². The van der Waals surface area contributed by atoms with Crippen LogP contribution >= 0.6 is 0 Å². The van der Waals surface area contributed by atoms with Gasteiger partial charge in [-0.3, -0.25) is 0 Å². The molecule has 0 aliphatic heterocycles. The molecule has 0 bridgehead atoms. The number of nitrogens with zero attached hydrogens (tertiary/aromatic N) is 1. The highest BCUT2D eigenvalue weighted by molar-refractivity contribution is 5.40. The molecule has 2 N–H and O–H groups in total. The number of nitrogens with two attached hydrogens (primary N) is 1. The largest absolute Gasteiger partial charge is 0.497 e. The highest BCUT2D eigenvalue weighted by Crippen LogP contribution is 2.25. The zero-order valence-electron chi connectivity index (χ0n) is 9.56. The molecule has 0 aromatic heterocycles. The first-order chi connectivity index (χ1) is 7.67. The maximum absolute atomic E-state index is 8.48. The highest BCUT2D eigenvalue weighted by Gasteiger charge is 2.07. The summed E-state index contributed by atoms with van der Waals surface area (Å²) in [6.07, 6.45) is 0.692. The van der Waals surface area contributed by atoms with Crippen molar-refractivity contribution in [1.82, 2.24) is 0 Å². The van der Waals surface area contributed by atoms with E-state index in [4.69, 9.17) is 20.5 Å². The molecule has 1 atom stereocenters. The van der Waals surface area contributed by atoms with Crippen LogP contribution in [-0.4, -0.2) is 19.8 Å². The second-order valence-electron chi connectivity index (χ2n) is 3.60. The van der Waals surface area contributed by atoms with Crippen LogP contribution in [0.25, 0.3) is 0 Å². The van der Waals surface area contributed by atoms with Gasteiger partial charge in [-0.1, -0.05) is 0 Å². The van der Waals surface area contributed by atoms with E-state index < -0.39 is 0 Å². The Kier molecular flexibility index (Phi) is 4.62. The van der Waals surface area contributed by atoms with Gasteiger partial charge in [-0.15, -0.1) is 0 Å². The molecule has 0 saturated heterocycles. The predicted octanol–water partition coefficient (Wildman–Crippen LogP) is 1.49. The molecule has 86 valence electrons. The molecule has 4 heteroatoms. The van der Waals surface area contributed by atoms with Gasteiger partial charge >= 0.3 is 0 Å². The Morgan fingerprint density at radius 3 is 2.81 bits per heavy atom. The molecule has 1 unspecified atom stereocenters. The fourth-order valence-corrected chi connectivity index (χ4v) is 1.44. The van der Waals surface area contributed by atoms with Gasteiger partial charge in [0.1, 0.15) is 17.6 Å². The van der Waals surface area contributed by atoms with Crippen molar-refractivity contribution in [3.05, 3.63) is 23.8 Å². The number of rotatable bonds is 5. The van der Waals surface area contributed by atoms with Gasteiger partial charge in [0.2, 0.25) is 0 Å². The van der Waals surface area contributed by atoms with Gasteiger partial charge in [0, 0.05) is 6.04 Å². The van der Waals surface area contributed by atoms with Crippen LogP contribution in [0.15, 0.2) is 18.2 Å². The van der Waals surface area contributed by atoms with Gasteiger partial charge in [0.15, 0.2) is 6.61 Å². The van der Waals surface area contributed by atoms with Crippen molar-refractivity contribution in [2.45, 2.75) is 19.4 Å². The van der Waals surface area contributed by atoms with E-state index in [0.29, 0.717) is 12.2 Å². The minimum absolute atomic E-state index is 0.0385. The molecule has 0 fully saturated rings. The zero-order valence-corrected chi connectivity index (χ0v) is 9.56. The molecule has 0 aliphatic carbocycles. The van der Waals surface area contributed by atoms with E-state index in [2.05, 4.69) is 0 Å².